The molecule has 2 N–H and O–H groups in total. The number of likely N-dealkylation sites (tertiary alicyclic amines) is 1. The lowest BCUT2D eigenvalue weighted by Gasteiger charge is -2.19. The number of hydrogen-bond acceptors (Lipinski definition) is 2. The van der Waals surface area contributed by atoms with Gasteiger partial charge in [-0.25, -0.2) is 0 Å². The van der Waals surface area contributed by atoms with Crippen LogP contribution < -0.4 is 5.73 Å². The molecule has 21 heavy (non-hydrogen) atoms. The Morgan fingerprint density at radius 3 is 2.43 bits per heavy atom. The molecule has 3 nitrogen and oxygen atoms in total. The molecule has 1 saturated heterocycles. The van der Waals surface area contributed by atoms with Gasteiger partial charge in [0.1, 0.15) is 0 Å². The predicted molar refractivity (Wildman–Crippen MR) is 87.9 cm³/mol. The van der Waals surface area contributed by atoms with Gasteiger partial charge in [-0.05, 0) is 48.3 Å². The first-order valence-corrected chi connectivity index (χ1v) is 7.71. The first-order valence-electron chi connectivity index (χ1n) is 7.71. The molecule has 3 unspecified atom stereocenters. The number of fused-ring (bicyclic) bond motifs is 1. The maximum atomic E-state index is 12.6. The van der Waals surface area contributed by atoms with Gasteiger partial charge < -0.3 is 10.6 Å². The van der Waals surface area contributed by atoms with Crippen molar-refractivity contribution in [2.24, 2.45) is 17.6 Å². The summed E-state index contributed by atoms with van der Waals surface area (Å²) in [7, 11) is 0. The molecule has 1 aliphatic carbocycles. The average molecular weight is 309 g/mol. The highest BCUT2D eigenvalue weighted by Gasteiger charge is 2.42. The fraction of sp³-hybridized carbons (Fsp3) is 0.588. The van der Waals surface area contributed by atoms with Crippen LogP contribution in [0.25, 0.3) is 0 Å². The minimum Gasteiger partial charge on any atom is -0.338 e. The van der Waals surface area contributed by atoms with Gasteiger partial charge in [0, 0.05) is 24.7 Å². The third-order valence-electron chi connectivity index (χ3n) is 5.02. The average Bonchev–Trinajstić information content (AvgIpc) is 3.01. The molecule has 116 valence electrons. The zero-order chi connectivity index (χ0) is 14.3. The summed E-state index contributed by atoms with van der Waals surface area (Å²) in [6, 6.07) is 8.36. The second-order valence-electron chi connectivity index (χ2n) is 6.65. The molecule has 1 amide bonds. The van der Waals surface area contributed by atoms with Crippen LogP contribution in [0.1, 0.15) is 48.5 Å². The van der Waals surface area contributed by atoms with E-state index in [2.05, 4.69) is 26.0 Å². The van der Waals surface area contributed by atoms with Crippen molar-refractivity contribution in [1.29, 1.82) is 0 Å². The Kier molecular flexibility index (Phi) is 4.95. The summed E-state index contributed by atoms with van der Waals surface area (Å²) in [4.78, 5) is 14.5. The summed E-state index contributed by atoms with van der Waals surface area (Å²) in [5.74, 6) is 1.82. The van der Waals surface area contributed by atoms with Crippen LogP contribution in [-0.4, -0.2) is 29.9 Å². The molecule has 2 fully saturated rings. The first kappa shape index (κ1) is 16.3. The van der Waals surface area contributed by atoms with E-state index in [0.29, 0.717) is 23.8 Å². The van der Waals surface area contributed by atoms with Crippen LogP contribution in [-0.2, 0) is 0 Å². The van der Waals surface area contributed by atoms with E-state index in [0.717, 1.165) is 25.1 Å². The van der Waals surface area contributed by atoms with Crippen molar-refractivity contribution in [3.8, 4) is 0 Å². The van der Waals surface area contributed by atoms with Gasteiger partial charge in [-0.1, -0.05) is 26.0 Å². The Morgan fingerprint density at radius 2 is 1.86 bits per heavy atom. The highest BCUT2D eigenvalue weighted by Crippen LogP contribution is 2.37. The maximum Gasteiger partial charge on any atom is 0.253 e. The molecule has 0 aromatic heterocycles. The molecule has 1 aliphatic heterocycles. The molecule has 0 spiro atoms. The van der Waals surface area contributed by atoms with E-state index in [1.807, 2.05) is 17.0 Å². The number of nitrogens with two attached hydrogens (primary N) is 1. The Balaban J connectivity index is 0.00000161. The smallest absolute Gasteiger partial charge is 0.253 e. The third-order valence-corrected chi connectivity index (χ3v) is 5.02. The van der Waals surface area contributed by atoms with Gasteiger partial charge in [-0.3, -0.25) is 4.79 Å². The number of hydrogen-bond donors (Lipinski definition) is 1. The van der Waals surface area contributed by atoms with E-state index in [9.17, 15) is 4.79 Å². The largest absolute Gasteiger partial charge is 0.338 e. The number of carbonyl (C=O) groups excluding carboxylic acids is 1. The molecule has 3 atom stereocenters. The quantitative estimate of drug-likeness (QED) is 0.913. The Labute approximate surface area is 133 Å². The fourth-order valence-corrected chi connectivity index (χ4v) is 3.67. The van der Waals surface area contributed by atoms with E-state index in [1.54, 1.807) is 0 Å². The minimum absolute atomic E-state index is 0. The molecule has 4 heteroatoms. The zero-order valence-corrected chi connectivity index (χ0v) is 13.6. The van der Waals surface area contributed by atoms with Gasteiger partial charge in [0.2, 0.25) is 0 Å². The molecule has 3 rings (SSSR count). The SMILES string of the molecule is CC(C)c1ccc(C(=O)N2CC3CCC(N)C3C2)cc1.Cl. The lowest BCUT2D eigenvalue weighted by atomic mass is 9.98. The van der Waals surface area contributed by atoms with Crippen LogP contribution >= 0.6 is 12.4 Å². The number of rotatable bonds is 2. The number of nitrogens with zero attached hydrogens (tertiary/aromatic N) is 1. The van der Waals surface area contributed by atoms with E-state index in [4.69, 9.17) is 5.73 Å². The molecule has 1 heterocycles. The highest BCUT2D eigenvalue weighted by atomic mass is 35.5. The lowest BCUT2D eigenvalue weighted by molar-refractivity contribution is 0.0779. The van der Waals surface area contributed by atoms with Crippen molar-refractivity contribution in [2.45, 2.75) is 38.6 Å². The number of benzene rings is 1. The Bertz CT molecular complexity index is 500. The monoisotopic (exact) mass is 308 g/mol. The van der Waals surface area contributed by atoms with Gasteiger partial charge in [0.15, 0.2) is 0 Å². The molecule has 0 radical (unpaired) electrons. The fourth-order valence-electron chi connectivity index (χ4n) is 3.67. The standard InChI is InChI=1S/C17H24N2O.ClH/c1-11(2)12-3-5-13(6-4-12)17(20)19-9-14-7-8-16(18)15(14)10-19;/h3-6,11,14-16H,7-10,18H2,1-2H3;1H. The summed E-state index contributed by atoms with van der Waals surface area (Å²) in [6.45, 7) is 6.07. The summed E-state index contributed by atoms with van der Waals surface area (Å²) in [6.07, 6.45) is 2.31. The van der Waals surface area contributed by atoms with Crippen LogP contribution in [0.5, 0.6) is 0 Å². The van der Waals surface area contributed by atoms with Gasteiger partial charge in [-0.15, -0.1) is 12.4 Å². The topological polar surface area (TPSA) is 46.3 Å². The van der Waals surface area contributed by atoms with E-state index in [1.165, 1.54) is 12.0 Å². The lowest BCUT2D eigenvalue weighted by Crippen LogP contribution is -2.33. The third kappa shape index (κ3) is 3.09. The summed E-state index contributed by atoms with van der Waals surface area (Å²) in [5.41, 5.74) is 8.22. The second-order valence-corrected chi connectivity index (χ2v) is 6.65. The number of amides is 1. The molecule has 0 bridgehead atoms. The van der Waals surface area contributed by atoms with Crippen LogP contribution in [0.15, 0.2) is 24.3 Å². The Morgan fingerprint density at radius 1 is 1.19 bits per heavy atom. The predicted octanol–water partition coefficient (Wildman–Crippen LogP) is 3.04. The van der Waals surface area contributed by atoms with Gasteiger partial charge >= 0.3 is 0 Å². The van der Waals surface area contributed by atoms with E-state index >= 15 is 0 Å². The summed E-state index contributed by atoms with van der Waals surface area (Å²) < 4.78 is 0. The molecule has 1 aromatic rings. The van der Waals surface area contributed by atoms with Crippen molar-refractivity contribution in [3.63, 3.8) is 0 Å². The van der Waals surface area contributed by atoms with Crippen LogP contribution in [0, 0.1) is 11.8 Å². The molecular weight excluding hydrogens is 284 g/mol. The van der Waals surface area contributed by atoms with Crippen molar-refractivity contribution in [2.75, 3.05) is 13.1 Å². The minimum atomic E-state index is 0. The Hall–Kier alpha value is -1.06. The van der Waals surface area contributed by atoms with Crippen LogP contribution in [0.4, 0.5) is 0 Å². The van der Waals surface area contributed by atoms with Crippen LogP contribution in [0.3, 0.4) is 0 Å². The molecule has 2 aliphatic rings. The van der Waals surface area contributed by atoms with Crippen molar-refractivity contribution in [3.05, 3.63) is 35.4 Å². The van der Waals surface area contributed by atoms with Gasteiger partial charge in [0.05, 0.1) is 0 Å². The maximum absolute atomic E-state index is 12.6. The molecular formula is C17H25ClN2O. The van der Waals surface area contributed by atoms with Crippen molar-refractivity contribution >= 4 is 18.3 Å². The molecule has 1 saturated carbocycles. The number of carbonyl (C=O) groups is 1. The zero-order valence-electron chi connectivity index (χ0n) is 12.8. The summed E-state index contributed by atoms with van der Waals surface area (Å²) in [5, 5.41) is 0. The molecule has 1 aromatic carbocycles. The van der Waals surface area contributed by atoms with Crippen molar-refractivity contribution < 1.29 is 4.79 Å². The van der Waals surface area contributed by atoms with E-state index in [-0.39, 0.29) is 18.3 Å². The van der Waals surface area contributed by atoms with E-state index < -0.39 is 0 Å². The van der Waals surface area contributed by atoms with Crippen LogP contribution in [0.2, 0.25) is 0 Å². The van der Waals surface area contributed by atoms with Crippen molar-refractivity contribution in [1.82, 2.24) is 4.90 Å². The highest BCUT2D eigenvalue weighted by molar-refractivity contribution is 5.94. The number of halogens is 1. The van der Waals surface area contributed by atoms with Gasteiger partial charge in [-0.2, -0.15) is 0 Å². The summed E-state index contributed by atoms with van der Waals surface area (Å²) >= 11 is 0. The second kappa shape index (κ2) is 6.37. The normalized spacial score (nSPS) is 27.6. The first-order chi connectivity index (χ1) is 9.56. The van der Waals surface area contributed by atoms with Gasteiger partial charge in [0.25, 0.3) is 5.91 Å².